The summed E-state index contributed by atoms with van der Waals surface area (Å²) in [6.07, 6.45) is 7.73. The van der Waals surface area contributed by atoms with Crippen molar-refractivity contribution in [2.75, 3.05) is 13.1 Å². The van der Waals surface area contributed by atoms with Crippen LogP contribution in [-0.4, -0.2) is 29.3 Å². The second kappa shape index (κ2) is 5.92. The van der Waals surface area contributed by atoms with Crippen molar-refractivity contribution in [2.45, 2.75) is 64.3 Å². The smallest absolute Gasteiger partial charge is 0.157 e. The summed E-state index contributed by atoms with van der Waals surface area (Å²) in [6, 6.07) is 6.48. The monoisotopic (exact) mass is 285 g/mol. The molecule has 21 heavy (non-hydrogen) atoms. The number of hydrogen-bond donors (Lipinski definition) is 0. The van der Waals surface area contributed by atoms with E-state index in [-0.39, 0.29) is 5.54 Å². The summed E-state index contributed by atoms with van der Waals surface area (Å²) in [5.74, 6) is 0.468. The van der Waals surface area contributed by atoms with Gasteiger partial charge in [0.2, 0.25) is 0 Å². The fourth-order valence-corrected chi connectivity index (χ4v) is 4.20. The van der Waals surface area contributed by atoms with Gasteiger partial charge in [-0.1, -0.05) is 36.6 Å². The molecule has 0 unspecified atom stereocenters. The van der Waals surface area contributed by atoms with E-state index in [0.717, 1.165) is 25.9 Å². The SMILES string of the molecule is Cc1ccc(C)c(CC(=O)C2(N3CCCC3)CCCC2)c1. The van der Waals surface area contributed by atoms with Crippen molar-refractivity contribution in [1.29, 1.82) is 0 Å². The van der Waals surface area contributed by atoms with Crippen LogP contribution in [0.4, 0.5) is 0 Å². The average Bonchev–Trinajstić information content (AvgIpc) is 3.13. The van der Waals surface area contributed by atoms with Gasteiger partial charge in [0, 0.05) is 6.42 Å². The Balaban J connectivity index is 1.83. The zero-order valence-corrected chi connectivity index (χ0v) is 13.5. The molecule has 2 nitrogen and oxygen atoms in total. The van der Waals surface area contributed by atoms with Crippen LogP contribution in [0.15, 0.2) is 18.2 Å². The fraction of sp³-hybridized carbons (Fsp3) is 0.632. The van der Waals surface area contributed by atoms with Gasteiger partial charge in [0.05, 0.1) is 5.54 Å². The molecule has 0 atom stereocenters. The van der Waals surface area contributed by atoms with Gasteiger partial charge in [-0.2, -0.15) is 0 Å². The molecule has 0 N–H and O–H groups in total. The number of aryl methyl sites for hydroxylation is 2. The lowest BCUT2D eigenvalue weighted by Crippen LogP contribution is -2.52. The molecule has 0 amide bonds. The van der Waals surface area contributed by atoms with Gasteiger partial charge in [-0.3, -0.25) is 9.69 Å². The van der Waals surface area contributed by atoms with E-state index < -0.39 is 0 Å². The Bertz CT molecular complexity index is 522. The molecule has 1 saturated heterocycles. The Morgan fingerprint density at radius 1 is 1.10 bits per heavy atom. The van der Waals surface area contributed by atoms with Gasteiger partial charge >= 0.3 is 0 Å². The van der Waals surface area contributed by atoms with Crippen molar-refractivity contribution in [1.82, 2.24) is 4.90 Å². The summed E-state index contributed by atoms with van der Waals surface area (Å²) in [7, 11) is 0. The van der Waals surface area contributed by atoms with Crippen LogP contribution in [0.25, 0.3) is 0 Å². The molecule has 1 aliphatic carbocycles. The van der Waals surface area contributed by atoms with Crippen molar-refractivity contribution >= 4 is 5.78 Å². The number of carbonyl (C=O) groups is 1. The van der Waals surface area contributed by atoms with Crippen LogP contribution >= 0.6 is 0 Å². The second-order valence-corrected chi connectivity index (χ2v) is 6.96. The molecule has 0 spiro atoms. The molecule has 114 valence electrons. The first-order chi connectivity index (χ1) is 10.1. The van der Waals surface area contributed by atoms with Gasteiger partial charge in [0.15, 0.2) is 5.78 Å². The van der Waals surface area contributed by atoms with Crippen LogP contribution in [0.1, 0.15) is 55.2 Å². The summed E-state index contributed by atoms with van der Waals surface area (Å²) in [6.45, 7) is 6.48. The molecule has 1 heterocycles. The molecule has 1 aromatic rings. The third-order valence-corrected chi connectivity index (χ3v) is 5.52. The molecular formula is C19H27NO. The third kappa shape index (κ3) is 2.78. The first-order valence-corrected chi connectivity index (χ1v) is 8.46. The van der Waals surface area contributed by atoms with E-state index in [1.165, 1.54) is 42.4 Å². The van der Waals surface area contributed by atoms with Gasteiger partial charge in [-0.05, 0) is 63.7 Å². The Labute approximate surface area is 128 Å². The van der Waals surface area contributed by atoms with Crippen LogP contribution < -0.4 is 0 Å². The summed E-state index contributed by atoms with van der Waals surface area (Å²) < 4.78 is 0. The summed E-state index contributed by atoms with van der Waals surface area (Å²) in [5.41, 5.74) is 3.60. The lowest BCUT2D eigenvalue weighted by atomic mass is 9.85. The van der Waals surface area contributed by atoms with Crippen LogP contribution in [0.5, 0.6) is 0 Å². The quantitative estimate of drug-likeness (QED) is 0.838. The number of nitrogens with zero attached hydrogens (tertiary/aromatic N) is 1. The van der Waals surface area contributed by atoms with E-state index in [0.29, 0.717) is 12.2 Å². The van der Waals surface area contributed by atoms with Gasteiger partial charge in [0.25, 0.3) is 0 Å². The number of ketones is 1. The Morgan fingerprint density at radius 2 is 1.76 bits per heavy atom. The minimum Gasteiger partial charge on any atom is -0.297 e. The molecule has 1 saturated carbocycles. The number of benzene rings is 1. The molecule has 0 aromatic heterocycles. The van der Waals surface area contributed by atoms with E-state index in [1.807, 2.05) is 0 Å². The topological polar surface area (TPSA) is 20.3 Å². The van der Waals surface area contributed by atoms with Gasteiger partial charge in [-0.25, -0.2) is 0 Å². The number of rotatable bonds is 4. The highest BCUT2D eigenvalue weighted by molar-refractivity contribution is 5.90. The average molecular weight is 285 g/mol. The van der Waals surface area contributed by atoms with Crippen molar-refractivity contribution in [2.24, 2.45) is 0 Å². The summed E-state index contributed by atoms with van der Waals surface area (Å²) >= 11 is 0. The normalized spacial score (nSPS) is 21.8. The molecule has 1 aliphatic heterocycles. The second-order valence-electron chi connectivity index (χ2n) is 6.96. The molecule has 3 rings (SSSR count). The predicted molar refractivity (Wildman–Crippen MR) is 86.6 cm³/mol. The van der Waals surface area contributed by atoms with Crippen molar-refractivity contribution in [3.8, 4) is 0 Å². The van der Waals surface area contributed by atoms with Crippen molar-refractivity contribution < 1.29 is 4.79 Å². The minimum absolute atomic E-state index is 0.132. The Hall–Kier alpha value is -1.15. The number of Topliss-reactive ketones (excluding diaryl/α,β-unsaturated/α-hetero) is 1. The van der Waals surface area contributed by atoms with E-state index in [4.69, 9.17) is 0 Å². The first kappa shape index (κ1) is 14.8. The highest BCUT2D eigenvalue weighted by atomic mass is 16.1. The molecule has 1 aromatic carbocycles. The summed E-state index contributed by atoms with van der Waals surface area (Å²) in [5, 5.41) is 0. The number of hydrogen-bond acceptors (Lipinski definition) is 2. The van der Waals surface area contributed by atoms with Crippen LogP contribution in [-0.2, 0) is 11.2 Å². The maximum absolute atomic E-state index is 13.1. The van der Waals surface area contributed by atoms with Crippen LogP contribution in [0.2, 0.25) is 0 Å². The predicted octanol–water partition coefficient (Wildman–Crippen LogP) is 3.82. The number of likely N-dealkylation sites (tertiary alicyclic amines) is 1. The highest BCUT2D eigenvalue weighted by Crippen LogP contribution is 2.39. The maximum atomic E-state index is 13.1. The largest absolute Gasteiger partial charge is 0.297 e. The molecule has 0 bridgehead atoms. The third-order valence-electron chi connectivity index (χ3n) is 5.52. The van der Waals surface area contributed by atoms with Gasteiger partial charge in [-0.15, -0.1) is 0 Å². The molecule has 2 aliphatic rings. The zero-order valence-electron chi connectivity index (χ0n) is 13.5. The van der Waals surface area contributed by atoms with Crippen LogP contribution in [0, 0.1) is 13.8 Å². The van der Waals surface area contributed by atoms with Gasteiger partial charge in [0.1, 0.15) is 0 Å². The Morgan fingerprint density at radius 3 is 2.43 bits per heavy atom. The maximum Gasteiger partial charge on any atom is 0.157 e. The minimum atomic E-state index is -0.132. The fourth-order valence-electron chi connectivity index (χ4n) is 4.20. The Kier molecular flexibility index (Phi) is 4.17. The molecule has 2 fully saturated rings. The lowest BCUT2D eigenvalue weighted by Gasteiger charge is -2.37. The van der Waals surface area contributed by atoms with Crippen molar-refractivity contribution in [3.05, 3.63) is 34.9 Å². The lowest BCUT2D eigenvalue weighted by molar-refractivity contribution is -0.129. The molecule has 0 radical (unpaired) electrons. The molecule has 2 heteroatoms. The van der Waals surface area contributed by atoms with E-state index in [1.54, 1.807) is 0 Å². The standard InChI is InChI=1S/C19H27NO/c1-15-7-8-16(2)17(13-15)14-18(21)19(9-3-4-10-19)20-11-5-6-12-20/h7-8,13H,3-6,9-12,14H2,1-2H3. The van der Waals surface area contributed by atoms with Crippen molar-refractivity contribution in [3.63, 3.8) is 0 Å². The molecular weight excluding hydrogens is 258 g/mol. The van der Waals surface area contributed by atoms with Gasteiger partial charge < -0.3 is 0 Å². The zero-order chi connectivity index (χ0) is 14.9. The highest BCUT2D eigenvalue weighted by Gasteiger charge is 2.46. The summed E-state index contributed by atoms with van der Waals surface area (Å²) in [4.78, 5) is 15.7. The first-order valence-electron chi connectivity index (χ1n) is 8.46. The van der Waals surface area contributed by atoms with E-state index >= 15 is 0 Å². The van der Waals surface area contributed by atoms with Crippen LogP contribution in [0.3, 0.4) is 0 Å². The number of carbonyl (C=O) groups excluding carboxylic acids is 1. The van der Waals surface area contributed by atoms with E-state index in [9.17, 15) is 4.79 Å². The van der Waals surface area contributed by atoms with E-state index in [2.05, 4.69) is 36.9 Å².